The summed E-state index contributed by atoms with van der Waals surface area (Å²) in [4.78, 5) is 37.1. The van der Waals surface area contributed by atoms with Crippen LogP contribution in [0.15, 0.2) is 41.3 Å². The van der Waals surface area contributed by atoms with Gasteiger partial charge in [-0.15, -0.1) is 0 Å². The molecule has 2 aromatic rings. The van der Waals surface area contributed by atoms with E-state index in [9.17, 15) is 27.2 Å². The number of rotatable bonds is 4. The van der Waals surface area contributed by atoms with Crippen LogP contribution in [0.5, 0.6) is 0 Å². The van der Waals surface area contributed by atoms with Crippen LogP contribution in [0.1, 0.15) is 55.3 Å². The Balaban J connectivity index is 1.90. The highest BCUT2D eigenvalue weighted by atomic mass is 32.2. The number of sulfonamides is 1. The first-order valence-electron chi connectivity index (χ1n) is 10.0. The van der Waals surface area contributed by atoms with E-state index in [2.05, 4.69) is 10.6 Å². The third kappa shape index (κ3) is 4.98. The second kappa shape index (κ2) is 8.47. The number of hydrogen-bond acceptors (Lipinski definition) is 6. The fraction of sp³-hybridized carbons (Fsp3) is 0.318. The van der Waals surface area contributed by atoms with Crippen LogP contribution in [0.25, 0.3) is 0 Å². The SMILES string of the molecule is CC(C)N1C(=O)c2ccc(C(=O)Nc3cc(F)ccc3NC(=O)OC(C)(C)C)cc2S1(=O)=O. The molecule has 3 rings (SSSR count). The van der Waals surface area contributed by atoms with Crippen molar-refractivity contribution in [2.75, 3.05) is 10.6 Å². The van der Waals surface area contributed by atoms with E-state index < -0.39 is 45.4 Å². The number of fused-ring (bicyclic) bond motifs is 1. The molecule has 0 saturated heterocycles. The molecular weight excluding hydrogens is 453 g/mol. The first kappa shape index (κ1) is 24.2. The molecule has 0 bridgehead atoms. The summed E-state index contributed by atoms with van der Waals surface area (Å²) in [6, 6.07) is 6.40. The number of nitrogens with zero attached hydrogens (tertiary/aromatic N) is 1. The fourth-order valence-corrected chi connectivity index (χ4v) is 5.03. The number of amides is 3. The largest absolute Gasteiger partial charge is 0.444 e. The molecule has 2 aromatic carbocycles. The van der Waals surface area contributed by atoms with Gasteiger partial charge in [0.05, 0.1) is 16.9 Å². The highest BCUT2D eigenvalue weighted by molar-refractivity contribution is 7.90. The Morgan fingerprint density at radius 3 is 2.30 bits per heavy atom. The first-order valence-corrected chi connectivity index (χ1v) is 11.5. The Labute approximate surface area is 191 Å². The fourth-order valence-electron chi connectivity index (χ4n) is 3.24. The standard InChI is InChI=1S/C22H24FN3O6S/c1-12(2)26-20(28)15-8-6-13(10-18(15)33(26,30)31)19(27)24-17-11-14(23)7-9-16(17)25-21(29)32-22(3,4)5/h6-12H,1-5H3,(H,24,27)(H,25,29). The minimum atomic E-state index is -4.10. The van der Waals surface area contributed by atoms with Crippen LogP contribution in [-0.2, 0) is 14.8 Å². The van der Waals surface area contributed by atoms with Crippen molar-refractivity contribution < 1.29 is 31.9 Å². The number of hydrogen-bond donors (Lipinski definition) is 2. The molecule has 0 spiro atoms. The summed E-state index contributed by atoms with van der Waals surface area (Å²) >= 11 is 0. The zero-order valence-electron chi connectivity index (χ0n) is 18.7. The van der Waals surface area contributed by atoms with Crippen LogP contribution in [0, 0.1) is 5.82 Å². The van der Waals surface area contributed by atoms with Crippen LogP contribution in [-0.4, -0.2) is 42.3 Å². The average Bonchev–Trinajstić information content (AvgIpc) is 2.87. The molecule has 33 heavy (non-hydrogen) atoms. The first-order chi connectivity index (χ1) is 15.2. The molecule has 176 valence electrons. The summed E-state index contributed by atoms with van der Waals surface area (Å²) in [6.45, 7) is 8.16. The quantitative estimate of drug-likeness (QED) is 0.687. The van der Waals surface area contributed by atoms with E-state index in [-0.39, 0.29) is 27.4 Å². The van der Waals surface area contributed by atoms with Crippen molar-refractivity contribution in [3.63, 3.8) is 0 Å². The van der Waals surface area contributed by atoms with E-state index in [1.165, 1.54) is 18.2 Å². The van der Waals surface area contributed by atoms with Crippen molar-refractivity contribution in [1.82, 2.24) is 4.31 Å². The van der Waals surface area contributed by atoms with Crippen LogP contribution in [0.3, 0.4) is 0 Å². The Kier molecular flexibility index (Phi) is 6.20. The van der Waals surface area contributed by atoms with Gasteiger partial charge in [-0.05, 0) is 71.0 Å². The minimum Gasteiger partial charge on any atom is -0.444 e. The number of carbonyl (C=O) groups excluding carboxylic acids is 3. The topological polar surface area (TPSA) is 122 Å². The molecule has 0 radical (unpaired) electrons. The normalized spacial score (nSPS) is 14.8. The Morgan fingerprint density at radius 1 is 1.03 bits per heavy atom. The van der Waals surface area contributed by atoms with Crippen molar-refractivity contribution in [1.29, 1.82) is 0 Å². The van der Waals surface area contributed by atoms with Crippen molar-refractivity contribution in [3.8, 4) is 0 Å². The molecule has 1 heterocycles. The molecule has 0 aromatic heterocycles. The van der Waals surface area contributed by atoms with Gasteiger partial charge >= 0.3 is 6.09 Å². The van der Waals surface area contributed by atoms with Gasteiger partial charge in [-0.2, -0.15) is 0 Å². The van der Waals surface area contributed by atoms with Gasteiger partial charge in [0.15, 0.2) is 0 Å². The Bertz CT molecular complexity index is 1250. The van der Waals surface area contributed by atoms with Gasteiger partial charge in [0.1, 0.15) is 16.3 Å². The summed E-state index contributed by atoms with van der Waals surface area (Å²) in [6.07, 6.45) is -0.805. The van der Waals surface area contributed by atoms with Gasteiger partial charge in [-0.3, -0.25) is 14.9 Å². The zero-order valence-corrected chi connectivity index (χ0v) is 19.5. The lowest BCUT2D eigenvalue weighted by atomic mass is 10.1. The maximum Gasteiger partial charge on any atom is 0.412 e. The minimum absolute atomic E-state index is 0.0294. The Hall–Kier alpha value is -3.47. The van der Waals surface area contributed by atoms with E-state index in [1.54, 1.807) is 34.6 Å². The second-order valence-electron chi connectivity index (χ2n) is 8.68. The number of benzene rings is 2. The van der Waals surface area contributed by atoms with Crippen molar-refractivity contribution in [2.45, 2.75) is 51.2 Å². The van der Waals surface area contributed by atoms with Crippen molar-refractivity contribution in [3.05, 3.63) is 53.3 Å². The molecule has 9 nitrogen and oxygen atoms in total. The van der Waals surface area contributed by atoms with Crippen LogP contribution < -0.4 is 10.6 Å². The third-order valence-corrected chi connectivity index (χ3v) is 6.54. The summed E-state index contributed by atoms with van der Waals surface area (Å²) in [5.41, 5.74) is -0.852. The monoisotopic (exact) mass is 477 g/mol. The molecule has 0 unspecified atom stereocenters. The smallest absolute Gasteiger partial charge is 0.412 e. The molecule has 1 aliphatic heterocycles. The van der Waals surface area contributed by atoms with E-state index >= 15 is 0 Å². The van der Waals surface area contributed by atoms with Gasteiger partial charge in [-0.25, -0.2) is 21.9 Å². The molecule has 0 aliphatic carbocycles. The number of carbonyl (C=O) groups is 3. The van der Waals surface area contributed by atoms with Crippen molar-refractivity contribution >= 4 is 39.3 Å². The van der Waals surface area contributed by atoms with Gasteiger partial charge in [0.25, 0.3) is 21.8 Å². The molecule has 1 aliphatic rings. The molecule has 0 fully saturated rings. The van der Waals surface area contributed by atoms with E-state index in [0.29, 0.717) is 0 Å². The summed E-state index contributed by atoms with van der Waals surface area (Å²) in [5.74, 6) is -2.10. The Morgan fingerprint density at radius 2 is 1.70 bits per heavy atom. The predicted octanol–water partition coefficient (Wildman–Crippen LogP) is 3.98. The van der Waals surface area contributed by atoms with Crippen LogP contribution in [0.2, 0.25) is 0 Å². The van der Waals surface area contributed by atoms with Gasteiger partial charge < -0.3 is 10.1 Å². The summed E-state index contributed by atoms with van der Waals surface area (Å²) < 4.78 is 45.3. The highest BCUT2D eigenvalue weighted by Crippen LogP contribution is 2.33. The van der Waals surface area contributed by atoms with Gasteiger partial charge in [0.2, 0.25) is 0 Å². The van der Waals surface area contributed by atoms with Crippen molar-refractivity contribution in [2.24, 2.45) is 0 Å². The summed E-state index contributed by atoms with van der Waals surface area (Å²) in [5, 5.41) is 4.90. The molecule has 0 atom stereocenters. The average molecular weight is 478 g/mol. The predicted molar refractivity (Wildman–Crippen MR) is 119 cm³/mol. The van der Waals surface area contributed by atoms with E-state index in [4.69, 9.17) is 4.74 Å². The number of nitrogens with one attached hydrogen (secondary N) is 2. The lowest BCUT2D eigenvalue weighted by molar-refractivity contribution is 0.0635. The highest BCUT2D eigenvalue weighted by Gasteiger charge is 2.43. The van der Waals surface area contributed by atoms with Gasteiger partial charge in [0, 0.05) is 11.6 Å². The summed E-state index contributed by atoms with van der Waals surface area (Å²) in [7, 11) is -4.10. The van der Waals surface area contributed by atoms with E-state index in [0.717, 1.165) is 22.5 Å². The number of anilines is 2. The van der Waals surface area contributed by atoms with E-state index in [1.807, 2.05) is 0 Å². The molecule has 11 heteroatoms. The second-order valence-corrected chi connectivity index (χ2v) is 10.5. The van der Waals surface area contributed by atoms with Crippen LogP contribution >= 0.6 is 0 Å². The molecule has 0 saturated carbocycles. The maximum absolute atomic E-state index is 13.8. The van der Waals surface area contributed by atoms with Gasteiger partial charge in [-0.1, -0.05) is 0 Å². The lowest BCUT2D eigenvalue weighted by Gasteiger charge is -2.20. The molecule has 2 N–H and O–H groups in total. The maximum atomic E-state index is 13.8. The molecule has 3 amide bonds. The number of ether oxygens (including phenoxy) is 1. The molecular formula is C22H24FN3O6S. The third-order valence-electron chi connectivity index (χ3n) is 4.55. The van der Waals surface area contributed by atoms with Crippen LogP contribution in [0.4, 0.5) is 20.6 Å². The zero-order chi connectivity index (χ0) is 24.7. The number of halogens is 1. The lowest BCUT2D eigenvalue weighted by Crippen LogP contribution is -2.36.